The van der Waals surface area contributed by atoms with Gasteiger partial charge in [-0.1, -0.05) is 0 Å². The zero-order chi connectivity index (χ0) is 18.4. The molecule has 0 spiro atoms. The first kappa shape index (κ1) is 19.1. The molecule has 1 saturated heterocycles. The van der Waals surface area contributed by atoms with Crippen molar-refractivity contribution < 1.29 is 23.8 Å². The van der Waals surface area contributed by atoms with E-state index >= 15 is 0 Å². The maximum absolute atomic E-state index is 12.4. The van der Waals surface area contributed by atoms with Gasteiger partial charge in [-0.3, -0.25) is 9.59 Å². The summed E-state index contributed by atoms with van der Waals surface area (Å²) in [5, 5.41) is 2.82. The Morgan fingerprint density at radius 2 is 1.92 bits per heavy atom. The molecule has 1 atom stereocenters. The van der Waals surface area contributed by atoms with Crippen molar-refractivity contribution in [2.75, 3.05) is 40.2 Å². The zero-order valence-electron chi connectivity index (χ0n) is 15.3. The first-order valence-electron chi connectivity index (χ1n) is 8.35. The highest BCUT2D eigenvalue weighted by atomic mass is 16.5. The summed E-state index contributed by atoms with van der Waals surface area (Å²) in [5.74, 6) is 0.503. The van der Waals surface area contributed by atoms with Crippen molar-refractivity contribution in [2.45, 2.75) is 31.8 Å². The predicted molar refractivity (Wildman–Crippen MR) is 94.4 cm³/mol. The molecule has 1 heterocycles. The van der Waals surface area contributed by atoms with Crippen molar-refractivity contribution >= 4 is 17.5 Å². The Hall–Kier alpha value is -2.28. The van der Waals surface area contributed by atoms with E-state index < -0.39 is 0 Å². The molecule has 0 aliphatic carbocycles. The number of nitrogens with zero attached hydrogens (tertiary/aromatic N) is 1. The summed E-state index contributed by atoms with van der Waals surface area (Å²) in [6.45, 7) is 0.767. The molecule has 1 aliphatic heterocycles. The van der Waals surface area contributed by atoms with E-state index in [9.17, 15) is 9.59 Å². The van der Waals surface area contributed by atoms with Crippen LogP contribution in [0.15, 0.2) is 12.1 Å². The number of hydrogen-bond acceptors (Lipinski definition) is 5. The van der Waals surface area contributed by atoms with Crippen molar-refractivity contribution in [1.82, 2.24) is 4.90 Å². The molecule has 1 unspecified atom stereocenters. The van der Waals surface area contributed by atoms with E-state index in [-0.39, 0.29) is 17.9 Å². The van der Waals surface area contributed by atoms with Gasteiger partial charge in [0.15, 0.2) is 11.5 Å². The third-order valence-corrected chi connectivity index (χ3v) is 4.15. The van der Waals surface area contributed by atoms with E-state index in [0.29, 0.717) is 35.6 Å². The molecule has 25 heavy (non-hydrogen) atoms. The first-order valence-corrected chi connectivity index (χ1v) is 8.35. The molecule has 1 aliphatic rings. The normalized spacial score (nSPS) is 16.4. The van der Waals surface area contributed by atoms with Gasteiger partial charge in [0.1, 0.15) is 0 Å². The van der Waals surface area contributed by atoms with Crippen LogP contribution >= 0.6 is 0 Å². The summed E-state index contributed by atoms with van der Waals surface area (Å²) >= 11 is 0. The highest BCUT2D eigenvalue weighted by Crippen LogP contribution is 2.34. The van der Waals surface area contributed by atoms with Crippen LogP contribution in [-0.2, 0) is 9.53 Å². The van der Waals surface area contributed by atoms with Crippen molar-refractivity contribution in [3.63, 3.8) is 0 Å². The lowest BCUT2D eigenvalue weighted by molar-refractivity contribution is -0.116. The molecule has 0 aromatic heterocycles. The van der Waals surface area contributed by atoms with Gasteiger partial charge in [-0.15, -0.1) is 0 Å². The van der Waals surface area contributed by atoms with Crippen LogP contribution in [-0.4, -0.2) is 57.7 Å². The summed E-state index contributed by atoms with van der Waals surface area (Å²) in [7, 11) is 6.32. The van der Waals surface area contributed by atoms with Crippen LogP contribution in [0, 0.1) is 0 Å². The number of benzene rings is 1. The van der Waals surface area contributed by atoms with Gasteiger partial charge in [-0.25, -0.2) is 0 Å². The second kappa shape index (κ2) is 8.71. The van der Waals surface area contributed by atoms with Crippen LogP contribution in [0.5, 0.6) is 11.5 Å². The minimum Gasteiger partial charge on any atom is -0.493 e. The Labute approximate surface area is 148 Å². The molecule has 1 fully saturated rings. The van der Waals surface area contributed by atoms with Crippen molar-refractivity contribution in [1.29, 1.82) is 0 Å². The Balaban J connectivity index is 2.18. The maximum atomic E-state index is 12.4. The first-order chi connectivity index (χ1) is 12.0. The number of nitrogens with one attached hydrogen (secondary N) is 1. The summed E-state index contributed by atoms with van der Waals surface area (Å²) < 4.78 is 16.1. The van der Waals surface area contributed by atoms with E-state index in [1.54, 1.807) is 26.2 Å². The number of methoxy groups -OCH3 is 2. The molecule has 2 amide bonds. The van der Waals surface area contributed by atoms with E-state index in [0.717, 1.165) is 19.4 Å². The smallest absolute Gasteiger partial charge is 0.255 e. The lowest BCUT2D eigenvalue weighted by atomic mass is 10.1. The Morgan fingerprint density at radius 1 is 1.24 bits per heavy atom. The second-order valence-electron chi connectivity index (χ2n) is 6.17. The molecular formula is C18H26N2O5. The van der Waals surface area contributed by atoms with Crippen LogP contribution in [0.2, 0.25) is 0 Å². The van der Waals surface area contributed by atoms with E-state index in [4.69, 9.17) is 14.2 Å². The molecule has 7 nitrogen and oxygen atoms in total. The molecule has 1 aromatic rings. The van der Waals surface area contributed by atoms with Gasteiger partial charge in [0, 0.05) is 33.2 Å². The van der Waals surface area contributed by atoms with Gasteiger partial charge in [-0.2, -0.15) is 0 Å². The van der Waals surface area contributed by atoms with Gasteiger partial charge < -0.3 is 24.4 Å². The number of hydrogen-bond donors (Lipinski definition) is 1. The highest BCUT2D eigenvalue weighted by Gasteiger charge is 2.21. The van der Waals surface area contributed by atoms with Crippen LogP contribution in [0.1, 0.15) is 36.0 Å². The Bertz CT molecular complexity index is 624. The van der Waals surface area contributed by atoms with Gasteiger partial charge >= 0.3 is 0 Å². The Morgan fingerprint density at radius 3 is 2.48 bits per heavy atom. The molecule has 1 aromatic carbocycles. The summed E-state index contributed by atoms with van der Waals surface area (Å²) in [4.78, 5) is 26.2. The quantitative estimate of drug-likeness (QED) is 0.816. The minimum absolute atomic E-state index is 0.152. The number of carbonyl (C=O) groups excluding carboxylic acids is 2. The molecule has 1 N–H and O–H groups in total. The van der Waals surface area contributed by atoms with Crippen LogP contribution in [0.3, 0.4) is 0 Å². The standard InChI is InChI=1S/C18H26N2O5/c1-20(2)18(22)13-10-15(23-3)16(24-4)11-14(13)19-17(21)8-7-12-6-5-9-25-12/h10-12H,5-9H2,1-4H3,(H,19,21). The van der Waals surface area contributed by atoms with Gasteiger partial charge in [0.2, 0.25) is 5.91 Å². The number of rotatable bonds is 7. The molecule has 2 rings (SSSR count). The SMILES string of the molecule is COc1cc(NC(=O)CCC2CCCO2)c(C(=O)N(C)C)cc1OC. The summed E-state index contributed by atoms with van der Waals surface area (Å²) in [6.07, 6.45) is 3.21. The zero-order valence-corrected chi connectivity index (χ0v) is 15.3. The lowest BCUT2D eigenvalue weighted by Crippen LogP contribution is -2.24. The third kappa shape index (κ3) is 4.85. The second-order valence-corrected chi connectivity index (χ2v) is 6.17. The van der Waals surface area contributed by atoms with Crippen LogP contribution < -0.4 is 14.8 Å². The molecule has 138 valence electrons. The maximum Gasteiger partial charge on any atom is 0.255 e. The number of ether oxygens (including phenoxy) is 3. The fraction of sp³-hybridized carbons (Fsp3) is 0.556. The van der Waals surface area contributed by atoms with E-state index in [1.165, 1.54) is 19.1 Å². The summed E-state index contributed by atoms with van der Waals surface area (Å²) in [6, 6.07) is 3.19. The highest BCUT2D eigenvalue weighted by molar-refractivity contribution is 6.04. The van der Waals surface area contributed by atoms with Gasteiger partial charge in [0.05, 0.1) is 31.6 Å². The average molecular weight is 350 g/mol. The van der Waals surface area contributed by atoms with Crippen LogP contribution in [0.4, 0.5) is 5.69 Å². The summed E-state index contributed by atoms with van der Waals surface area (Å²) in [5.41, 5.74) is 0.766. The van der Waals surface area contributed by atoms with Gasteiger partial charge in [-0.05, 0) is 25.3 Å². The van der Waals surface area contributed by atoms with E-state index in [2.05, 4.69) is 5.32 Å². The van der Waals surface area contributed by atoms with E-state index in [1.807, 2.05) is 0 Å². The number of amides is 2. The third-order valence-electron chi connectivity index (χ3n) is 4.15. The van der Waals surface area contributed by atoms with Crippen molar-refractivity contribution in [2.24, 2.45) is 0 Å². The van der Waals surface area contributed by atoms with Crippen molar-refractivity contribution in [3.8, 4) is 11.5 Å². The lowest BCUT2D eigenvalue weighted by Gasteiger charge is -2.18. The minimum atomic E-state index is -0.227. The predicted octanol–water partition coefficient (Wildman–Crippen LogP) is 2.30. The van der Waals surface area contributed by atoms with Crippen molar-refractivity contribution in [3.05, 3.63) is 17.7 Å². The molecule has 0 bridgehead atoms. The number of anilines is 1. The van der Waals surface area contributed by atoms with Gasteiger partial charge in [0.25, 0.3) is 5.91 Å². The molecule has 0 radical (unpaired) electrons. The fourth-order valence-electron chi connectivity index (χ4n) is 2.78. The topological polar surface area (TPSA) is 77.1 Å². The number of carbonyl (C=O) groups is 2. The Kier molecular flexibility index (Phi) is 6.64. The fourth-order valence-corrected chi connectivity index (χ4v) is 2.78. The largest absolute Gasteiger partial charge is 0.493 e. The van der Waals surface area contributed by atoms with Crippen LogP contribution in [0.25, 0.3) is 0 Å². The molecule has 7 heteroatoms. The average Bonchev–Trinajstić information content (AvgIpc) is 3.12. The molecular weight excluding hydrogens is 324 g/mol. The molecule has 0 saturated carbocycles. The monoisotopic (exact) mass is 350 g/mol.